The quantitative estimate of drug-likeness (QED) is 0.722. The molecular formula is C14H10FN5O. The van der Waals surface area contributed by atoms with Crippen molar-refractivity contribution in [1.29, 1.82) is 0 Å². The SMILES string of the molecule is O=c1[nH][nH]c(-c2ccccn2)c1N=Nc1ccccc1F. The molecule has 0 saturated heterocycles. The van der Waals surface area contributed by atoms with E-state index >= 15 is 0 Å². The van der Waals surface area contributed by atoms with Crippen LogP contribution >= 0.6 is 0 Å². The second kappa shape index (κ2) is 5.49. The van der Waals surface area contributed by atoms with E-state index in [-0.39, 0.29) is 11.4 Å². The number of aromatic nitrogens is 3. The number of H-pyrrole nitrogens is 2. The molecule has 0 aliphatic rings. The first kappa shape index (κ1) is 12.9. The predicted octanol–water partition coefficient (Wildman–Crippen LogP) is 3.32. The molecule has 3 rings (SSSR count). The molecule has 0 saturated carbocycles. The van der Waals surface area contributed by atoms with Gasteiger partial charge in [0.1, 0.15) is 11.4 Å². The summed E-state index contributed by atoms with van der Waals surface area (Å²) in [5, 5.41) is 12.7. The first-order valence-electron chi connectivity index (χ1n) is 6.14. The van der Waals surface area contributed by atoms with Gasteiger partial charge in [0.2, 0.25) is 0 Å². The Labute approximate surface area is 118 Å². The molecule has 1 aromatic carbocycles. The van der Waals surface area contributed by atoms with Crippen molar-refractivity contribution < 1.29 is 4.39 Å². The fourth-order valence-corrected chi connectivity index (χ4v) is 1.78. The summed E-state index contributed by atoms with van der Waals surface area (Å²) in [6.45, 7) is 0. The molecule has 0 radical (unpaired) electrons. The molecular weight excluding hydrogens is 273 g/mol. The number of hydrogen-bond donors (Lipinski definition) is 2. The van der Waals surface area contributed by atoms with Gasteiger partial charge < -0.3 is 0 Å². The molecule has 0 unspecified atom stereocenters. The summed E-state index contributed by atoms with van der Waals surface area (Å²) in [7, 11) is 0. The number of benzene rings is 1. The highest BCUT2D eigenvalue weighted by Crippen LogP contribution is 2.25. The first-order chi connectivity index (χ1) is 10.3. The van der Waals surface area contributed by atoms with Crippen LogP contribution in [0.25, 0.3) is 11.4 Å². The zero-order chi connectivity index (χ0) is 14.7. The maximum absolute atomic E-state index is 13.5. The van der Waals surface area contributed by atoms with E-state index in [2.05, 4.69) is 25.4 Å². The lowest BCUT2D eigenvalue weighted by Gasteiger charge is -1.97. The van der Waals surface area contributed by atoms with Crippen LogP contribution in [0, 0.1) is 5.82 Å². The summed E-state index contributed by atoms with van der Waals surface area (Å²) in [5.74, 6) is -0.507. The maximum Gasteiger partial charge on any atom is 0.292 e. The van der Waals surface area contributed by atoms with Crippen molar-refractivity contribution in [3.63, 3.8) is 0 Å². The monoisotopic (exact) mass is 283 g/mol. The van der Waals surface area contributed by atoms with Crippen molar-refractivity contribution in [1.82, 2.24) is 15.2 Å². The van der Waals surface area contributed by atoms with Crippen LogP contribution in [0.4, 0.5) is 15.8 Å². The molecule has 0 aliphatic heterocycles. The van der Waals surface area contributed by atoms with Crippen LogP contribution in [0.15, 0.2) is 63.7 Å². The molecule has 3 aromatic rings. The number of nitrogens with one attached hydrogen (secondary N) is 2. The van der Waals surface area contributed by atoms with Crippen molar-refractivity contribution in [2.75, 3.05) is 0 Å². The van der Waals surface area contributed by atoms with E-state index in [9.17, 15) is 9.18 Å². The Balaban J connectivity index is 2.02. The topological polar surface area (TPSA) is 86.3 Å². The van der Waals surface area contributed by atoms with Crippen LogP contribution in [-0.4, -0.2) is 15.2 Å². The molecule has 0 aliphatic carbocycles. The van der Waals surface area contributed by atoms with Crippen LogP contribution in [0.5, 0.6) is 0 Å². The van der Waals surface area contributed by atoms with Crippen LogP contribution < -0.4 is 5.56 Å². The number of aromatic amines is 2. The smallest absolute Gasteiger partial charge is 0.292 e. The summed E-state index contributed by atoms with van der Waals surface area (Å²) in [6.07, 6.45) is 1.60. The lowest BCUT2D eigenvalue weighted by Crippen LogP contribution is -1.96. The molecule has 104 valence electrons. The molecule has 0 amide bonds. The van der Waals surface area contributed by atoms with E-state index in [1.165, 1.54) is 12.1 Å². The molecule has 2 N–H and O–H groups in total. The number of rotatable bonds is 3. The fourth-order valence-electron chi connectivity index (χ4n) is 1.78. The van der Waals surface area contributed by atoms with E-state index in [0.717, 1.165) is 0 Å². The second-order valence-corrected chi connectivity index (χ2v) is 4.17. The largest absolute Gasteiger partial charge is 0.294 e. The Kier molecular flexibility index (Phi) is 3.38. The number of pyridine rings is 1. The van der Waals surface area contributed by atoms with Crippen molar-refractivity contribution in [3.05, 3.63) is 64.8 Å². The zero-order valence-corrected chi connectivity index (χ0v) is 10.7. The van der Waals surface area contributed by atoms with Gasteiger partial charge in [-0.1, -0.05) is 18.2 Å². The van der Waals surface area contributed by atoms with Gasteiger partial charge in [-0.15, -0.1) is 10.2 Å². The van der Waals surface area contributed by atoms with Crippen molar-refractivity contribution in [2.24, 2.45) is 10.2 Å². The highest BCUT2D eigenvalue weighted by Gasteiger charge is 2.12. The first-order valence-corrected chi connectivity index (χ1v) is 6.14. The summed E-state index contributed by atoms with van der Waals surface area (Å²) < 4.78 is 13.5. The van der Waals surface area contributed by atoms with E-state index in [1.54, 1.807) is 36.5 Å². The highest BCUT2D eigenvalue weighted by molar-refractivity contribution is 5.67. The van der Waals surface area contributed by atoms with E-state index in [0.29, 0.717) is 11.4 Å². The highest BCUT2D eigenvalue weighted by atomic mass is 19.1. The second-order valence-electron chi connectivity index (χ2n) is 4.17. The summed E-state index contributed by atoms with van der Waals surface area (Å²) >= 11 is 0. The third kappa shape index (κ3) is 2.62. The Bertz CT molecular complexity index is 838. The number of nitrogens with zero attached hydrogens (tertiary/aromatic N) is 3. The maximum atomic E-state index is 13.5. The fraction of sp³-hybridized carbons (Fsp3) is 0. The molecule has 21 heavy (non-hydrogen) atoms. The normalized spacial score (nSPS) is 11.1. The minimum absolute atomic E-state index is 0.0527. The predicted molar refractivity (Wildman–Crippen MR) is 75.2 cm³/mol. The lowest BCUT2D eigenvalue weighted by atomic mass is 10.2. The van der Waals surface area contributed by atoms with Gasteiger partial charge in [0.25, 0.3) is 5.56 Å². The average Bonchev–Trinajstić information content (AvgIpc) is 2.88. The summed E-state index contributed by atoms with van der Waals surface area (Å²) in [5.41, 5.74) is 0.608. The van der Waals surface area contributed by atoms with Crippen LogP contribution in [0.1, 0.15) is 0 Å². The molecule has 0 bridgehead atoms. The Morgan fingerprint density at radius 3 is 2.57 bits per heavy atom. The van der Waals surface area contributed by atoms with Gasteiger partial charge in [0.05, 0.1) is 5.69 Å². The molecule has 0 atom stereocenters. The summed E-state index contributed by atoms with van der Waals surface area (Å²) in [4.78, 5) is 15.9. The van der Waals surface area contributed by atoms with Gasteiger partial charge in [-0.2, -0.15) is 0 Å². The van der Waals surface area contributed by atoms with Gasteiger partial charge in [-0.3, -0.25) is 20.0 Å². The van der Waals surface area contributed by atoms with Gasteiger partial charge in [-0.25, -0.2) is 4.39 Å². The van der Waals surface area contributed by atoms with Crippen molar-refractivity contribution in [3.8, 4) is 11.4 Å². The standard InChI is InChI=1S/C14H10FN5O/c15-9-5-1-2-6-10(9)17-19-13-12(18-20-14(13)21)11-7-3-4-8-16-11/h1-8H,(H2,18,20,21). The Morgan fingerprint density at radius 1 is 1.00 bits per heavy atom. The van der Waals surface area contributed by atoms with Crippen molar-refractivity contribution >= 4 is 11.4 Å². The van der Waals surface area contributed by atoms with Crippen LogP contribution in [-0.2, 0) is 0 Å². The zero-order valence-electron chi connectivity index (χ0n) is 10.7. The van der Waals surface area contributed by atoms with Gasteiger partial charge >= 0.3 is 0 Å². The average molecular weight is 283 g/mol. The van der Waals surface area contributed by atoms with Crippen LogP contribution in [0.3, 0.4) is 0 Å². The Hall–Kier alpha value is -3.09. The third-order valence-electron chi connectivity index (χ3n) is 2.78. The molecule has 0 fully saturated rings. The van der Waals surface area contributed by atoms with Gasteiger partial charge in [-0.05, 0) is 24.3 Å². The minimum Gasteiger partial charge on any atom is -0.294 e. The minimum atomic E-state index is -0.507. The van der Waals surface area contributed by atoms with Crippen LogP contribution in [0.2, 0.25) is 0 Å². The molecule has 7 heteroatoms. The molecule has 2 aromatic heterocycles. The number of hydrogen-bond acceptors (Lipinski definition) is 4. The molecule has 0 spiro atoms. The van der Waals surface area contributed by atoms with E-state index in [1.807, 2.05) is 0 Å². The van der Waals surface area contributed by atoms with Gasteiger partial charge in [0.15, 0.2) is 11.5 Å². The number of azo groups is 1. The van der Waals surface area contributed by atoms with Gasteiger partial charge in [0, 0.05) is 6.20 Å². The van der Waals surface area contributed by atoms with E-state index in [4.69, 9.17) is 0 Å². The summed E-state index contributed by atoms with van der Waals surface area (Å²) in [6, 6.07) is 11.2. The Morgan fingerprint density at radius 2 is 1.81 bits per heavy atom. The number of halogens is 1. The molecule has 2 heterocycles. The third-order valence-corrected chi connectivity index (χ3v) is 2.78. The molecule has 6 nitrogen and oxygen atoms in total. The van der Waals surface area contributed by atoms with E-state index < -0.39 is 11.4 Å². The lowest BCUT2D eigenvalue weighted by molar-refractivity contribution is 0.628. The van der Waals surface area contributed by atoms with Crippen molar-refractivity contribution in [2.45, 2.75) is 0 Å².